The van der Waals surface area contributed by atoms with Crippen LogP contribution in [0.4, 0.5) is 0 Å². The van der Waals surface area contributed by atoms with Crippen molar-refractivity contribution in [3.63, 3.8) is 0 Å². The molecule has 2 aromatic rings. The molecule has 0 aliphatic heterocycles. The van der Waals surface area contributed by atoms with Gasteiger partial charge in [-0.3, -0.25) is 4.57 Å². The van der Waals surface area contributed by atoms with E-state index in [4.69, 9.17) is 0 Å². The van der Waals surface area contributed by atoms with E-state index in [0.717, 1.165) is 29.6 Å². The topological polar surface area (TPSA) is 34.9 Å². The summed E-state index contributed by atoms with van der Waals surface area (Å²) in [5.74, 6) is 0.638. The molecule has 1 aromatic carbocycles. The molecule has 1 aromatic heterocycles. The highest BCUT2D eigenvalue weighted by molar-refractivity contribution is 5.81. The smallest absolute Gasteiger partial charge is 0.292 e. The highest BCUT2D eigenvalue weighted by Crippen LogP contribution is 2.26. The first-order valence-electron chi connectivity index (χ1n) is 7.78. The molecule has 0 spiro atoms. The summed E-state index contributed by atoms with van der Waals surface area (Å²) >= 11 is 0. The fraction of sp³-hybridized carbons (Fsp3) is 0.529. The molecular weight excluding hydrogens is 248 g/mol. The summed E-state index contributed by atoms with van der Waals surface area (Å²) in [6.45, 7) is 2.88. The molecule has 0 bridgehead atoms. The highest BCUT2D eigenvalue weighted by Gasteiger charge is 2.17. The zero-order valence-corrected chi connectivity index (χ0v) is 12.1. The van der Waals surface area contributed by atoms with Crippen molar-refractivity contribution in [2.75, 3.05) is 0 Å². The van der Waals surface area contributed by atoms with Crippen LogP contribution in [-0.2, 0) is 13.0 Å². The number of para-hydroxylation sites is 1. The number of aromatic nitrogens is 2. The number of hydrogen-bond donors (Lipinski definition) is 0. The number of benzene rings is 1. The van der Waals surface area contributed by atoms with Crippen LogP contribution in [0, 0.1) is 5.92 Å². The molecule has 0 N–H and O–H groups in total. The summed E-state index contributed by atoms with van der Waals surface area (Å²) in [6, 6.07) is 8.18. The van der Waals surface area contributed by atoms with Gasteiger partial charge in [-0.05, 0) is 31.2 Å². The molecule has 1 saturated carbocycles. The Morgan fingerprint density at radius 1 is 1.20 bits per heavy atom. The normalized spacial score (nSPS) is 16.6. The number of nitrogens with zero attached hydrogens (tertiary/aromatic N) is 2. The average molecular weight is 270 g/mol. The Labute approximate surface area is 119 Å². The van der Waals surface area contributed by atoms with Crippen LogP contribution in [0.5, 0.6) is 0 Å². The molecule has 1 fully saturated rings. The number of hydrogen-bond acceptors (Lipinski definition) is 2. The molecule has 106 valence electrons. The average Bonchev–Trinajstić information content (AvgIpc) is 2.51. The molecule has 3 nitrogen and oxygen atoms in total. The van der Waals surface area contributed by atoms with Crippen molar-refractivity contribution in [2.24, 2.45) is 5.92 Å². The van der Waals surface area contributed by atoms with Crippen molar-refractivity contribution in [3.8, 4) is 0 Å². The van der Waals surface area contributed by atoms with Crippen molar-refractivity contribution in [1.29, 1.82) is 0 Å². The van der Waals surface area contributed by atoms with Crippen LogP contribution in [0.25, 0.3) is 10.9 Å². The third-order valence-corrected chi connectivity index (χ3v) is 4.47. The van der Waals surface area contributed by atoms with Crippen LogP contribution < -0.4 is 5.69 Å². The molecule has 0 unspecified atom stereocenters. The third kappa shape index (κ3) is 2.49. The van der Waals surface area contributed by atoms with Crippen molar-refractivity contribution < 1.29 is 0 Å². The molecule has 20 heavy (non-hydrogen) atoms. The van der Waals surface area contributed by atoms with Crippen LogP contribution in [0.3, 0.4) is 0 Å². The van der Waals surface area contributed by atoms with Crippen LogP contribution in [0.1, 0.15) is 44.7 Å². The first kappa shape index (κ1) is 13.3. The van der Waals surface area contributed by atoms with Crippen molar-refractivity contribution in [2.45, 2.75) is 52.0 Å². The lowest BCUT2D eigenvalue weighted by Crippen LogP contribution is -2.28. The van der Waals surface area contributed by atoms with E-state index in [1.54, 1.807) is 0 Å². The number of aryl methyl sites for hydroxylation is 1. The molecule has 3 rings (SSSR count). The van der Waals surface area contributed by atoms with Crippen molar-refractivity contribution in [1.82, 2.24) is 9.55 Å². The second-order valence-corrected chi connectivity index (χ2v) is 5.83. The lowest BCUT2D eigenvalue weighted by Gasteiger charge is -2.23. The minimum Gasteiger partial charge on any atom is -0.292 e. The van der Waals surface area contributed by atoms with E-state index >= 15 is 0 Å². The molecule has 0 amide bonds. The van der Waals surface area contributed by atoms with Gasteiger partial charge in [0, 0.05) is 11.9 Å². The Balaban J connectivity index is 2.05. The van der Waals surface area contributed by atoms with Crippen molar-refractivity contribution >= 4 is 10.9 Å². The maximum absolute atomic E-state index is 12.3. The summed E-state index contributed by atoms with van der Waals surface area (Å²) in [5.41, 5.74) is 1.89. The predicted molar refractivity (Wildman–Crippen MR) is 82.0 cm³/mol. The van der Waals surface area contributed by atoms with E-state index in [1.165, 1.54) is 32.1 Å². The van der Waals surface area contributed by atoms with Gasteiger partial charge < -0.3 is 0 Å². The van der Waals surface area contributed by atoms with Crippen molar-refractivity contribution in [3.05, 3.63) is 40.4 Å². The van der Waals surface area contributed by atoms with Gasteiger partial charge in [-0.1, -0.05) is 44.4 Å². The molecule has 3 heteroatoms. The third-order valence-electron chi connectivity index (χ3n) is 4.47. The second-order valence-electron chi connectivity index (χ2n) is 5.83. The lowest BCUT2D eigenvalue weighted by atomic mass is 9.89. The highest BCUT2D eigenvalue weighted by atomic mass is 16.1. The Kier molecular flexibility index (Phi) is 3.86. The minimum absolute atomic E-state index is 0.0777. The molecule has 1 aliphatic carbocycles. The van der Waals surface area contributed by atoms with Gasteiger partial charge in [0.15, 0.2) is 0 Å². The van der Waals surface area contributed by atoms with Crippen LogP contribution in [0.2, 0.25) is 0 Å². The zero-order chi connectivity index (χ0) is 13.9. The molecular formula is C17H22N2O. The number of fused-ring (bicyclic) bond motifs is 1. The fourth-order valence-corrected chi connectivity index (χ4v) is 3.37. The molecule has 1 heterocycles. The lowest BCUT2D eigenvalue weighted by molar-refractivity contribution is 0.318. The van der Waals surface area contributed by atoms with Gasteiger partial charge in [0.25, 0.3) is 0 Å². The standard InChI is InChI=1S/C17H22N2O/c1-2-15-14-10-6-7-11-16(14)19(17(20)18-15)12-13-8-4-3-5-9-13/h6-7,10-11,13H,2-5,8-9,12H2,1H3. The van der Waals surface area contributed by atoms with Gasteiger partial charge in [-0.2, -0.15) is 4.98 Å². The minimum atomic E-state index is -0.0777. The zero-order valence-electron chi connectivity index (χ0n) is 12.1. The summed E-state index contributed by atoms with van der Waals surface area (Å²) < 4.78 is 1.89. The SMILES string of the molecule is CCc1nc(=O)n(CC2CCCCC2)c2ccccc12. The first-order chi connectivity index (χ1) is 9.79. The van der Waals surface area contributed by atoms with E-state index < -0.39 is 0 Å². The van der Waals surface area contributed by atoms with Gasteiger partial charge in [-0.25, -0.2) is 4.79 Å². The molecule has 0 radical (unpaired) electrons. The summed E-state index contributed by atoms with van der Waals surface area (Å²) in [7, 11) is 0. The Morgan fingerprint density at radius 2 is 1.95 bits per heavy atom. The first-order valence-corrected chi connectivity index (χ1v) is 7.78. The largest absolute Gasteiger partial charge is 0.348 e. The maximum Gasteiger partial charge on any atom is 0.348 e. The van der Waals surface area contributed by atoms with Gasteiger partial charge in [0.05, 0.1) is 11.2 Å². The van der Waals surface area contributed by atoms with E-state index in [-0.39, 0.29) is 5.69 Å². The van der Waals surface area contributed by atoms with E-state index in [1.807, 2.05) is 16.7 Å². The quantitative estimate of drug-likeness (QED) is 0.855. The monoisotopic (exact) mass is 270 g/mol. The summed E-state index contributed by atoms with van der Waals surface area (Å²) in [5, 5.41) is 1.13. The molecule has 1 aliphatic rings. The van der Waals surface area contributed by atoms with E-state index in [2.05, 4.69) is 24.0 Å². The fourth-order valence-electron chi connectivity index (χ4n) is 3.37. The summed E-state index contributed by atoms with van der Waals surface area (Å²) in [4.78, 5) is 16.6. The molecule has 0 saturated heterocycles. The molecule has 0 atom stereocenters. The van der Waals surface area contributed by atoms with Crippen LogP contribution >= 0.6 is 0 Å². The number of rotatable bonds is 3. The Hall–Kier alpha value is -1.64. The Bertz CT molecular complexity index is 654. The van der Waals surface area contributed by atoms with Crippen LogP contribution in [0.15, 0.2) is 29.1 Å². The maximum atomic E-state index is 12.3. The van der Waals surface area contributed by atoms with E-state index in [0.29, 0.717) is 5.92 Å². The van der Waals surface area contributed by atoms with Crippen LogP contribution in [-0.4, -0.2) is 9.55 Å². The second kappa shape index (κ2) is 5.78. The van der Waals surface area contributed by atoms with Gasteiger partial charge in [0.1, 0.15) is 0 Å². The Morgan fingerprint density at radius 3 is 2.70 bits per heavy atom. The van der Waals surface area contributed by atoms with E-state index in [9.17, 15) is 4.79 Å². The summed E-state index contributed by atoms with van der Waals surface area (Å²) in [6.07, 6.45) is 7.25. The predicted octanol–water partition coefficient (Wildman–Crippen LogP) is 3.54. The van der Waals surface area contributed by atoms with Gasteiger partial charge in [0.2, 0.25) is 0 Å². The van der Waals surface area contributed by atoms with Gasteiger partial charge in [-0.15, -0.1) is 0 Å². The van der Waals surface area contributed by atoms with Gasteiger partial charge >= 0.3 is 5.69 Å².